The Labute approximate surface area is 232 Å². The number of rotatable bonds is 9. The van der Waals surface area contributed by atoms with Gasteiger partial charge in [0.15, 0.2) is 0 Å². The van der Waals surface area contributed by atoms with E-state index < -0.39 is 30.0 Å². The minimum Gasteiger partial charge on any atom is -0.285 e. The Hall–Kier alpha value is -4.92. The van der Waals surface area contributed by atoms with E-state index in [0.29, 0.717) is 15.9 Å². The van der Waals surface area contributed by atoms with Crippen molar-refractivity contribution in [3.63, 3.8) is 0 Å². The van der Waals surface area contributed by atoms with Crippen LogP contribution in [0.5, 0.6) is 0 Å². The molecule has 0 aliphatic carbocycles. The summed E-state index contributed by atoms with van der Waals surface area (Å²) in [5.74, 6) is -3.63. The van der Waals surface area contributed by atoms with Crippen molar-refractivity contribution in [2.45, 2.75) is 0 Å². The molecule has 0 aliphatic heterocycles. The summed E-state index contributed by atoms with van der Waals surface area (Å²) in [6.45, 7) is -3.35. The van der Waals surface area contributed by atoms with Crippen molar-refractivity contribution in [1.29, 1.82) is 0 Å². The van der Waals surface area contributed by atoms with E-state index in [1.54, 1.807) is 36.4 Å². The van der Waals surface area contributed by atoms with Gasteiger partial charge in [0.2, 0.25) is 23.1 Å². The first-order valence-electron chi connectivity index (χ1n) is 12.8. The van der Waals surface area contributed by atoms with Gasteiger partial charge in [-0.2, -0.15) is 0 Å². The van der Waals surface area contributed by atoms with Gasteiger partial charge in [-0.1, -0.05) is 152 Å². The first-order chi connectivity index (χ1) is 19.5. The van der Waals surface area contributed by atoms with Gasteiger partial charge in [-0.05, 0) is 22.8 Å². The molecule has 194 valence electrons. The van der Waals surface area contributed by atoms with Crippen LogP contribution in [0.4, 0.5) is 0 Å². The normalized spacial score (nSPS) is 10.9. The van der Waals surface area contributed by atoms with Gasteiger partial charge in [-0.3, -0.25) is 19.2 Å². The SMILES string of the molecule is O=C(C(=O)c1ccccc1)C(C(=O)C(=O)c1ccccc1)=P(c1ccccc1)(c1ccccc1)c1ccccc1. The number of carbonyl (C=O) groups excluding carboxylic acids is 4. The van der Waals surface area contributed by atoms with Crippen molar-refractivity contribution in [1.82, 2.24) is 0 Å². The molecule has 0 aliphatic rings. The molecule has 0 saturated heterocycles. The van der Waals surface area contributed by atoms with Gasteiger partial charge < -0.3 is 0 Å². The van der Waals surface area contributed by atoms with Crippen LogP contribution in [-0.2, 0) is 9.59 Å². The van der Waals surface area contributed by atoms with Crippen LogP contribution in [0.1, 0.15) is 20.7 Å². The lowest BCUT2D eigenvalue weighted by Crippen LogP contribution is -2.42. The standard InChI is InChI=1S/C35H25O4P/c36-31(26-16-6-1-7-17-26)33(38)35(34(39)32(37)27-18-8-2-9-19-27)40(28-20-10-3-11-21-28,29-22-12-4-13-23-29)30-24-14-5-15-25-30/h1-25H. The van der Waals surface area contributed by atoms with Crippen molar-refractivity contribution in [3.8, 4) is 0 Å². The summed E-state index contributed by atoms with van der Waals surface area (Å²) in [4.78, 5) is 56.5. The third kappa shape index (κ3) is 4.93. The highest BCUT2D eigenvalue weighted by Gasteiger charge is 2.41. The van der Waals surface area contributed by atoms with Gasteiger partial charge in [0.1, 0.15) is 0 Å². The Balaban J connectivity index is 1.97. The van der Waals surface area contributed by atoms with E-state index in [9.17, 15) is 19.2 Å². The number of Topliss-reactive ketones (excluding diaryl/α,β-unsaturated/α-hetero) is 4. The smallest absolute Gasteiger partial charge is 0.238 e. The molecule has 0 radical (unpaired) electrons. The maximum atomic E-state index is 14.5. The number of hydrogen-bond donors (Lipinski definition) is 0. The van der Waals surface area contributed by atoms with Crippen LogP contribution < -0.4 is 15.9 Å². The zero-order chi connectivity index (χ0) is 28.0. The highest BCUT2D eigenvalue weighted by Crippen LogP contribution is 2.47. The molecule has 0 atom stereocenters. The number of carbonyl (C=O) groups is 4. The number of ketones is 4. The second kappa shape index (κ2) is 11.9. The zero-order valence-electron chi connectivity index (χ0n) is 21.5. The molecule has 5 aromatic rings. The Morgan fingerprint density at radius 2 is 0.600 bits per heavy atom. The van der Waals surface area contributed by atoms with Gasteiger partial charge in [0.05, 0.1) is 5.29 Å². The van der Waals surface area contributed by atoms with E-state index in [2.05, 4.69) is 0 Å². The van der Waals surface area contributed by atoms with Crippen LogP contribution >= 0.6 is 6.89 Å². The summed E-state index contributed by atoms with van der Waals surface area (Å²) in [5, 5.41) is 1.75. The molecule has 0 fully saturated rings. The zero-order valence-corrected chi connectivity index (χ0v) is 22.4. The van der Waals surface area contributed by atoms with Crippen molar-refractivity contribution < 1.29 is 19.2 Å². The molecule has 0 amide bonds. The Bertz CT molecular complexity index is 1560. The monoisotopic (exact) mass is 540 g/mol. The second-order valence-corrected chi connectivity index (χ2v) is 12.4. The van der Waals surface area contributed by atoms with Crippen molar-refractivity contribution in [2.75, 3.05) is 0 Å². The fraction of sp³-hybridized carbons (Fsp3) is 0. The van der Waals surface area contributed by atoms with Crippen molar-refractivity contribution in [3.05, 3.63) is 163 Å². The quantitative estimate of drug-likeness (QED) is 0.114. The third-order valence-corrected chi connectivity index (χ3v) is 11.0. The fourth-order valence-electron chi connectivity index (χ4n) is 4.85. The van der Waals surface area contributed by atoms with E-state index in [0.717, 1.165) is 0 Å². The average molecular weight is 541 g/mol. The van der Waals surface area contributed by atoms with E-state index >= 15 is 0 Å². The van der Waals surface area contributed by atoms with Crippen LogP contribution in [0.2, 0.25) is 0 Å². The predicted molar refractivity (Wildman–Crippen MR) is 162 cm³/mol. The minimum absolute atomic E-state index is 0.150. The van der Waals surface area contributed by atoms with E-state index in [-0.39, 0.29) is 16.4 Å². The molecule has 0 saturated carbocycles. The first kappa shape index (κ1) is 26.7. The Morgan fingerprint density at radius 3 is 0.875 bits per heavy atom. The Morgan fingerprint density at radius 1 is 0.350 bits per heavy atom. The predicted octanol–water partition coefficient (Wildman–Crippen LogP) is 5.06. The van der Waals surface area contributed by atoms with Gasteiger partial charge in [-0.25, -0.2) is 0 Å². The summed E-state index contributed by atoms with van der Waals surface area (Å²) in [5.41, 5.74) is 0.300. The van der Waals surface area contributed by atoms with Crippen molar-refractivity contribution >= 4 is 51.2 Å². The highest BCUT2D eigenvalue weighted by atomic mass is 31.2. The maximum absolute atomic E-state index is 14.5. The summed E-state index contributed by atoms with van der Waals surface area (Å²) in [7, 11) is 0. The van der Waals surface area contributed by atoms with Crippen LogP contribution in [0.15, 0.2) is 152 Å². The number of benzene rings is 5. The molecule has 5 aromatic carbocycles. The summed E-state index contributed by atoms with van der Waals surface area (Å²) in [6, 6.07) is 43.9. The molecule has 0 heterocycles. The molecule has 0 bridgehead atoms. The minimum atomic E-state index is -3.35. The highest BCUT2D eigenvalue weighted by molar-refractivity contribution is 7.98. The van der Waals surface area contributed by atoms with E-state index in [1.165, 1.54) is 24.3 Å². The molecular formula is C35H25O4P. The molecule has 5 heteroatoms. The van der Waals surface area contributed by atoms with Gasteiger partial charge >= 0.3 is 0 Å². The van der Waals surface area contributed by atoms with Gasteiger partial charge in [0, 0.05) is 11.1 Å². The lowest BCUT2D eigenvalue weighted by Gasteiger charge is -2.31. The van der Waals surface area contributed by atoms with Crippen LogP contribution in [0, 0.1) is 0 Å². The summed E-state index contributed by atoms with van der Waals surface area (Å²) < 4.78 is 0. The number of hydrogen-bond acceptors (Lipinski definition) is 4. The van der Waals surface area contributed by atoms with E-state index in [1.807, 2.05) is 91.0 Å². The van der Waals surface area contributed by atoms with Crippen molar-refractivity contribution in [2.24, 2.45) is 0 Å². The molecule has 0 N–H and O–H groups in total. The van der Waals surface area contributed by atoms with Crippen LogP contribution in [0.25, 0.3) is 0 Å². The van der Waals surface area contributed by atoms with Crippen LogP contribution in [-0.4, -0.2) is 28.4 Å². The molecule has 0 spiro atoms. The maximum Gasteiger partial charge on any atom is 0.238 e. The summed E-state index contributed by atoms with van der Waals surface area (Å²) in [6.07, 6.45) is 0. The molecule has 0 aromatic heterocycles. The molecule has 4 nitrogen and oxygen atoms in total. The fourth-order valence-corrected chi connectivity index (χ4v) is 9.19. The molecular weight excluding hydrogens is 515 g/mol. The molecule has 5 rings (SSSR count). The molecule has 40 heavy (non-hydrogen) atoms. The lowest BCUT2D eigenvalue weighted by molar-refractivity contribution is -0.112. The van der Waals surface area contributed by atoms with E-state index in [4.69, 9.17) is 0 Å². The summed E-state index contributed by atoms with van der Waals surface area (Å²) >= 11 is 0. The topological polar surface area (TPSA) is 68.3 Å². The third-order valence-electron chi connectivity index (χ3n) is 6.68. The van der Waals surface area contributed by atoms with Gasteiger partial charge in [-0.15, -0.1) is 0 Å². The second-order valence-electron chi connectivity index (χ2n) is 9.07. The lowest BCUT2D eigenvalue weighted by atomic mass is 9.99. The van der Waals surface area contributed by atoms with Crippen LogP contribution in [0.3, 0.4) is 0 Å². The first-order valence-corrected chi connectivity index (χ1v) is 14.6. The largest absolute Gasteiger partial charge is 0.285 e. The molecule has 0 unspecified atom stereocenters. The Kier molecular flexibility index (Phi) is 7.91. The average Bonchev–Trinajstić information content (AvgIpc) is 3.04. The van der Waals surface area contributed by atoms with Gasteiger partial charge in [0.25, 0.3) is 0 Å².